The van der Waals surface area contributed by atoms with Gasteiger partial charge in [0.15, 0.2) is 0 Å². The molecule has 0 aromatic heterocycles. The number of para-hydroxylation sites is 1. The molecule has 4 heteroatoms. The Labute approximate surface area is 146 Å². The standard InChI is InChI=1S/C21H18O4/c1-24-21(23)16-10-5-6-12-19(16)25-20-13-7-11-18(22)17(20)14-15-8-3-2-4-9-15/h2-13,22H,14H2,1H3. The first-order valence-corrected chi connectivity index (χ1v) is 7.89. The number of hydrogen-bond donors (Lipinski definition) is 1. The summed E-state index contributed by atoms with van der Waals surface area (Å²) in [5, 5.41) is 10.3. The summed E-state index contributed by atoms with van der Waals surface area (Å²) in [7, 11) is 1.33. The fourth-order valence-corrected chi connectivity index (χ4v) is 2.58. The van der Waals surface area contributed by atoms with E-state index in [1.165, 1.54) is 7.11 Å². The summed E-state index contributed by atoms with van der Waals surface area (Å²) in [4.78, 5) is 11.9. The van der Waals surface area contributed by atoms with Crippen molar-refractivity contribution in [3.63, 3.8) is 0 Å². The normalized spacial score (nSPS) is 10.3. The minimum atomic E-state index is -0.472. The lowest BCUT2D eigenvalue weighted by molar-refractivity contribution is 0.0598. The molecule has 0 fully saturated rings. The number of carbonyl (C=O) groups excluding carboxylic acids is 1. The Morgan fingerprint density at radius 3 is 2.32 bits per heavy atom. The van der Waals surface area contributed by atoms with Crippen molar-refractivity contribution < 1.29 is 19.4 Å². The number of ether oxygens (including phenoxy) is 2. The summed E-state index contributed by atoms with van der Waals surface area (Å²) in [5.41, 5.74) is 2.04. The predicted octanol–water partition coefficient (Wildman–Crippen LogP) is 4.56. The molecule has 0 heterocycles. The van der Waals surface area contributed by atoms with Crippen LogP contribution in [-0.4, -0.2) is 18.2 Å². The zero-order valence-electron chi connectivity index (χ0n) is 13.8. The molecule has 3 rings (SSSR count). The van der Waals surface area contributed by atoms with Crippen molar-refractivity contribution in [2.45, 2.75) is 6.42 Å². The number of aromatic hydroxyl groups is 1. The lowest BCUT2D eigenvalue weighted by Crippen LogP contribution is -2.04. The van der Waals surface area contributed by atoms with Gasteiger partial charge in [-0.15, -0.1) is 0 Å². The Hall–Kier alpha value is -3.27. The van der Waals surface area contributed by atoms with Crippen LogP contribution < -0.4 is 4.74 Å². The molecule has 0 radical (unpaired) electrons. The van der Waals surface area contributed by atoms with Gasteiger partial charge in [-0.1, -0.05) is 48.5 Å². The van der Waals surface area contributed by atoms with E-state index in [0.29, 0.717) is 29.0 Å². The van der Waals surface area contributed by atoms with Crippen LogP contribution >= 0.6 is 0 Å². The molecular weight excluding hydrogens is 316 g/mol. The van der Waals surface area contributed by atoms with Gasteiger partial charge in [-0.3, -0.25) is 0 Å². The highest BCUT2D eigenvalue weighted by molar-refractivity contribution is 5.92. The Morgan fingerprint density at radius 1 is 0.880 bits per heavy atom. The summed E-state index contributed by atoms with van der Waals surface area (Å²) in [5.74, 6) is 0.562. The van der Waals surface area contributed by atoms with Gasteiger partial charge in [0, 0.05) is 12.0 Å². The van der Waals surface area contributed by atoms with Crippen LogP contribution in [0.3, 0.4) is 0 Å². The van der Waals surface area contributed by atoms with Gasteiger partial charge in [-0.05, 0) is 29.8 Å². The molecule has 0 aliphatic carbocycles. The molecule has 0 unspecified atom stereocenters. The zero-order chi connectivity index (χ0) is 17.6. The van der Waals surface area contributed by atoms with E-state index in [-0.39, 0.29) is 5.75 Å². The molecule has 0 saturated heterocycles. The van der Waals surface area contributed by atoms with Gasteiger partial charge in [0.05, 0.1) is 7.11 Å². The molecule has 0 saturated carbocycles. The Kier molecular flexibility index (Phi) is 5.00. The van der Waals surface area contributed by atoms with E-state index in [1.54, 1.807) is 42.5 Å². The lowest BCUT2D eigenvalue weighted by atomic mass is 10.0. The van der Waals surface area contributed by atoms with Crippen molar-refractivity contribution in [2.24, 2.45) is 0 Å². The second-order valence-electron chi connectivity index (χ2n) is 5.51. The second kappa shape index (κ2) is 7.53. The van der Waals surface area contributed by atoms with Gasteiger partial charge < -0.3 is 14.6 Å². The van der Waals surface area contributed by atoms with Crippen molar-refractivity contribution in [2.75, 3.05) is 7.11 Å². The number of methoxy groups -OCH3 is 1. The number of carbonyl (C=O) groups is 1. The third-order valence-corrected chi connectivity index (χ3v) is 3.84. The molecule has 0 spiro atoms. The number of esters is 1. The number of phenols is 1. The van der Waals surface area contributed by atoms with Crippen LogP contribution in [0.2, 0.25) is 0 Å². The van der Waals surface area contributed by atoms with Crippen LogP contribution in [0, 0.1) is 0 Å². The van der Waals surface area contributed by atoms with E-state index in [1.807, 2.05) is 30.3 Å². The fraction of sp³-hybridized carbons (Fsp3) is 0.0952. The second-order valence-corrected chi connectivity index (χ2v) is 5.51. The third kappa shape index (κ3) is 3.80. The van der Waals surface area contributed by atoms with Gasteiger partial charge in [0.2, 0.25) is 0 Å². The van der Waals surface area contributed by atoms with Crippen LogP contribution in [0.25, 0.3) is 0 Å². The monoisotopic (exact) mass is 334 g/mol. The van der Waals surface area contributed by atoms with E-state index in [0.717, 1.165) is 5.56 Å². The van der Waals surface area contributed by atoms with Gasteiger partial charge >= 0.3 is 5.97 Å². The van der Waals surface area contributed by atoms with Crippen LogP contribution in [0.4, 0.5) is 0 Å². The summed E-state index contributed by atoms with van der Waals surface area (Å²) in [6, 6.07) is 21.8. The molecular formula is C21H18O4. The minimum absolute atomic E-state index is 0.150. The van der Waals surface area contributed by atoms with Gasteiger partial charge in [0.1, 0.15) is 22.8 Å². The molecule has 3 aromatic rings. The molecule has 25 heavy (non-hydrogen) atoms. The zero-order valence-corrected chi connectivity index (χ0v) is 13.8. The maximum Gasteiger partial charge on any atom is 0.341 e. The third-order valence-electron chi connectivity index (χ3n) is 3.84. The summed E-state index contributed by atoms with van der Waals surface area (Å²) >= 11 is 0. The highest BCUT2D eigenvalue weighted by Gasteiger charge is 2.16. The summed E-state index contributed by atoms with van der Waals surface area (Å²) in [6.07, 6.45) is 0.517. The Morgan fingerprint density at radius 2 is 1.56 bits per heavy atom. The maximum atomic E-state index is 11.9. The van der Waals surface area contributed by atoms with Crippen molar-refractivity contribution in [1.82, 2.24) is 0 Å². The number of benzene rings is 3. The van der Waals surface area contributed by atoms with Crippen LogP contribution in [-0.2, 0) is 11.2 Å². The van der Waals surface area contributed by atoms with E-state index < -0.39 is 5.97 Å². The van der Waals surface area contributed by atoms with E-state index in [9.17, 15) is 9.90 Å². The largest absolute Gasteiger partial charge is 0.508 e. The van der Waals surface area contributed by atoms with Crippen LogP contribution in [0.15, 0.2) is 72.8 Å². The SMILES string of the molecule is COC(=O)c1ccccc1Oc1cccc(O)c1Cc1ccccc1. The summed E-state index contributed by atoms with van der Waals surface area (Å²) < 4.78 is 10.8. The molecule has 3 aromatic carbocycles. The van der Waals surface area contributed by atoms with Crippen molar-refractivity contribution in [3.05, 3.63) is 89.5 Å². The molecule has 0 bridgehead atoms. The highest BCUT2D eigenvalue weighted by atomic mass is 16.5. The molecule has 1 N–H and O–H groups in total. The van der Waals surface area contributed by atoms with Crippen molar-refractivity contribution >= 4 is 5.97 Å². The summed E-state index contributed by atoms with van der Waals surface area (Å²) in [6.45, 7) is 0. The van der Waals surface area contributed by atoms with E-state index >= 15 is 0 Å². The smallest absolute Gasteiger partial charge is 0.341 e. The van der Waals surface area contributed by atoms with Gasteiger partial charge in [0.25, 0.3) is 0 Å². The molecule has 0 atom stereocenters. The van der Waals surface area contributed by atoms with E-state index in [2.05, 4.69) is 0 Å². The van der Waals surface area contributed by atoms with Gasteiger partial charge in [-0.2, -0.15) is 0 Å². The number of hydrogen-bond acceptors (Lipinski definition) is 4. The first-order chi connectivity index (χ1) is 12.2. The van der Waals surface area contributed by atoms with Crippen molar-refractivity contribution in [1.29, 1.82) is 0 Å². The van der Waals surface area contributed by atoms with E-state index in [4.69, 9.17) is 9.47 Å². The average molecular weight is 334 g/mol. The molecule has 0 aliphatic heterocycles. The molecule has 0 amide bonds. The first kappa shape index (κ1) is 16.6. The lowest BCUT2D eigenvalue weighted by Gasteiger charge is -2.14. The quantitative estimate of drug-likeness (QED) is 0.695. The molecule has 126 valence electrons. The van der Waals surface area contributed by atoms with Crippen molar-refractivity contribution in [3.8, 4) is 17.2 Å². The minimum Gasteiger partial charge on any atom is -0.508 e. The highest BCUT2D eigenvalue weighted by Crippen LogP contribution is 2.34. The predicted molar refractivity (Wildman–Crippen MR) is 95.2 cm³/mol. The fourth-order valence-electron chi connectivity index (χ4n) is 2.58. The van der Waals surface area contributed by atoms with Crippen LogP contribution in [0.5, 0.6) is 17.2 Å². The van der Waals surface area contributed by atoms with Gasteiger partial charge in [-0.25, -0.2) is 4.79 Å². The van der Waals surface area contributed by atoms with Crippen LogP contribution in [0.1, 0.15) is 21.5 Å². The Balaban J connectivity index is 1.97. The number of rotatable bonds is 5. The topological polar surface area (TPSA) is 55.8 Å². The Bertz CT molecular complexity index is 872. The average Bonchev–Trinajstić information content (AvgIpc) is 2.65. The first-order valence-electron chi connectivity index (χ1n) is 7.89. The number of phenolic OH excluding ortho intramolecular Hbond substituents is 1. The maximum absolute atomic E-state index is 11.9. The molecule has 4 nitrogen and oxygen atoms in total. The molecule has 0 aliphatic rings.